The van der Waals surface area contributed by atoms with E-state index in [0.717, 1.165) is 11.3 Å². The van der Waals surface area contributed by atoms with Gasteiger partial charge in [-0.1, -0.05) is 23.7 Å². The number of ether oxygens (including phenoxy) is 1. The van der Waals surface area contributed by atoms with E-state index in [1.165, 1.54) is 0 Å². The Labute approximate surface area is 128 Å². The van der Waals surface area contributed by atoms with Crippen LogP contribution in [0.25, 0.3) is 0 Å². The molecule has 0 aliphatic rings. The van der Waals surface area contributed by atoms with E-state index < -0.39 is 0 Å². The molecule has 0 unspecified atom stereocenters. The highest BCUT2D eigenvalue weighted by Gasteiger charge is 2.05. The molecule has 0 bridgehead atoms. The predicted molar refractivity (Wildman–Crippen MR) is 85.8 cm³/mol. The Morgan fingerprint density at radius 1 is 1.29 bits per heavy atom. The van der Waals surface area contributed by atoms with Crippen LogP contribution in [0.4, 0.5) is 11.4 Å². The molecule has 0 aliphatic heterocycles. The maximum absolute atomic E-state index is 11.8. The van der Waals surface area contributed by atoms with E-state index in [1.54, 1.807) is 18.2 Å². The van der Waals surface area contributed by atoms with Crippen LogP contribution >= 0.6 is 11.6 Å². The van der Waals surface area contributed by atoms with Crippen molar-refractivity contribution in [2.24, 2.45) is 0 Å². The summed E-state index contributed by atoms with van der Waals surface area (Å²) in [6.45, 7) is 2.31. The van der Waals surface area contributed by atoms with Gasteiger partial charge in [0.1, 0.15) is 5.75 Å². The fourth-order valence-electron chi connectivity index (χ4n) is 1.80. The van der Waals surface area contributed by atoms with E-state index in [2.05, 4.69) is 5.32 Å². The third-order valence-corrected chi connectivity index (χ3v) is 3.20. The first-order valence-corrected chi connectivity index (χ1v) is 6.97. The lowest BCUT2D eigenvalue weighted by atomic mass is 10.2. The smallest absolute Gasteiger partial charge is 0.227 e. The Balaban J connectivity index is 1.81. The molecule has 0 heterocycles. The normalized spacial score (nSPS) is 10.2. The van der Waals surface area contributed by atoms with Crippen molar-refractivity contribution >= 4 is 28.9 Å². The van der Waals surface area contributed by atoms with Gasteiger partial charge in [0.25, 0.3) is 0 Å². The van der Waals surface area contributed by atoms with Crippen LogP contribution in [0.1, 0.15) is 12.0 Å². The second-order valence-electron chi connectivity index (χ2n) is 4.70. The van der Waals surface area contributed by atoms with Crippen LogP contribution in [0.5, 0.6) is 5.75 Å². The van der Waals surface area contributed by atoms with Crippen molar-refractivity contribution in [1.82, 2.24) is 0 Å². The average Bonchev–Trinajstić information content (AvgIpc) is 2.43. The van der Waals surface area contributed by atoms with Gasteiger partial charge in [0, 0.05) is 5.69 Å². The van der Waals surface area contributed by atoms with Crippen LogP contribution in [0, 0.1) is 6.92 Å². The molecule has 21 heavy (non-hydrogen) atoms. The van der Waals surface area contributed by atoms with Crippen LogP contribution in [0.15, 0.2) is 42.5 Å². The third-order valence-electron chi connectivity index (χ3n) is 2.87. The van der Waals surface area contributed by atoms with Crippen molar-refractivity contribution in [3.8, 4) is 5.75 Å². The standard InChI is InChI=1S/C16H17ClN2O2/c1-11-3-2-4-13(9-11)21-8-7-16(20)19-12-5-6-15(18)14(17)10-12/h2-6,9-10H,7-8,18H2,1H3,(H,19,20). The molecule has 2 aromatic carbocycles. The number of nitrogens with one attached hydrogen (secondary N) is 1. The Hall–Kier alpha value is -2.20. The first kappa shape index (κ1) is 15.2. The number of aryl methyl sites for hydroxylation is 1. The zero-order valence-corrected chi connectivity index (χ0v) is 12.5. The second-order valence-corrected chi connectivity index (χ2v) is 5.11. The van der Waals surface area contributed by atoms with Crippen LogP contribution in [-0.2, 0) is 4.79 Å². The minimum Gasteiger partial charge on any atom is -0.493 e. The summed E-state index contributed by atoms with van der Waals surface area (Å²) >= 11 is 5.90. The fourth-order valence-corrected chi connectivity index (χ4v) is 1.98. The maximum atomic E-state index is 11.8. The van der Waals surface area contributed by atoms with Crippen LogP contribution in [0.3, 0.4) is 0 Å². The van der Waals surface area contributed by atoms with E-state index in [1.807, 2.05) is 31.2 Å². The number of benzene rings is 2. The van der Waals surface area contributed by atoms with Gasteiger partial charge in [0.05, 0.1) is 23.7 Å². The van der Waals surface area contributed by atoms with Crippen LogP contribution in [0.2, 0.25) is 5.02 Å². The number of carbonyl (C=O) groups is 1. The summed E-state index contributed by atoms with van der Waals surface area (Å²) in [6, 6.07) is 12.7. The molecule has 0 aliphatic carbocycles. The van der Waals surface area contributed by atoms with E-state index in [0.29, 0.717) is 23.0 Å². The molecule has 2 aromatic rings. The number of halogens is 1. The summed E-state index contributed by atoms with van der Waals surface area (Å²) in [4.78, 5) is 11.8. The Morgan fingerprint density at radius 3 is 2.81 bits per heavy atom. The molecule has 1 amide bonds. The number of nitrogens with two attached hydrogens (primary N) is 1. The monoisotopic (exact) mass is 304 g/mol. The SMILES string of the molecule is Cc1cccc(OCCC(=O)Nc2ccc(N)c(Cl)c2)c1. The van der Waals surface area contributed by atoms with Gasteiger partial charge in [-0.3, -0.25) is 4.79 Å². The third kappa shape index (κ3) is 4.68. The molecule has 3 N–H and O–H groups in total. The molecule has 0 saturated heterocycles. The summed E-state index contributed by atoms with van der Waals surface area (Å²) in [5, 5.41) is 3.17. The summed E-state index contributed by atoms with van der Waals surface area (Å²) in [5.41, 5.74) is 7.83. The second kappa shape index (κ2) is 6.99. The average molecular weight is 305 g/mol. The summed E-state index contributed by atoms with van der Waals surface area (Å²) in [6.07, 6.45) is 0.260. The zero-order valence-electron chi connectivity index (χ0n) is 11.7. The molecule has 0 atom stereocenters. The Kier molecular flexibility index (Phi) is 5.06. The number of nitrogen functional groups attached to an aromatic ring is 1. The molecule has 2 rings (SSSR count). The molecule has 0 aromatic heterocycles. The van der Waals surface area contributed by atoms with Gasteiger partial charge in [-0.25, -0.2) is 0 Å². The van der Waals surface area contributed by atoms with Crippen molar-refractivity contribution in [2.45, 2.75) is 13.3 Å². The number of carbonyl (C=O) groups excluding carboxylic acids is 1. The molecule has 0 spiro atoms. The van der Waals surface area contributed by atoms with Gasteiger partial charge in [-0.05, 0) is 42.8 Å². The van der Waals surface area contributed by atoms with Gasteiger partial charge in [-0.2, -0.15) is 0 Å². The van der Waals surface area contributed by atoms with Gasteiger partial charge in [-0.15, -0.1) is 0 Å². The number of hydrogen-bond acceptors (Lipinski definition) is 3. The summed E-state index contributed by atoms with van der Waals surface area (Å²) in [5.74, 6) is 0.627. The molecule has 5 heteroatoms. The van der Waals surface area contributed by atoms with Gasteiger partial charge >= 0.3 is 0 Å². The molecule has 0 radical (unpaired) electrons. The lowest BCUT2D eigenvalue weighted by Gasteiger charge is -2.08. The van der Waals surface area contributed by atoms with Crippen molar-refractivity contribution in [1.29, 1.82) is 0 Å². The fraction of sp³-hybridized carbons (Fsp3) is 0.188. The van der Waals surface area contributed by atoms with Crippen LogP contribution < -0.4 is 15.8 Å². The Morgan fingerprint density at radius 2 is 2.10 bits per heavy atom. The van der Waals surface area contributed by atoms with Crippen molar-refractivity contribution in [3.05, 3.63) is 53.1 Å². The summed E-state index contributed by atoms with van der Waals surface area (Å²) in [7, 11) is 0. The highest BCUT2D eigenvalue weighted by Crippen LogP contribution is 2.22. The van der Waals surface area contributed by atoms with Crippen LogP contribution in [-0.4, -0.2) is 12.5 Å². The topological polar surface area (TPSA) is 64.3 Å². The van der Waals surface area contributed by atoms with E-state index in [4.69, 9.17) is 22.1 Å². The van der Waals surface area contributed by atoms with Crippen molar-refractivity contribution in [3.63, 3.8) is 0 Å². The quantitative estimate of drug-likeness (QED) is 0.829. The molecule has 0 fully saturated rings. The molecule has 110 valence electrons. The zero-order chi connectivity index (χ0) is 15.2. The molecule has 0 saturated carbocycles. The van der Waals surface area contributed by atoms with E-state index in [-0.39, 0.29) is 12.3 Å². The number of anilines is 2. The predicted octanol–water partition coefficient (Wildman–Crippen LogP) is 3.64. The lowest BCUT2D eigenvalue weighted by molar-refractivity contribution is -0.116. The van der Waals surface area contributed by atoms with E-state index >= 15 is 0 Å². The van der Waals surface area contributed by atoms with Gasteiger partial charge in [0.2, 0.25) is 5.91 Å². The van der Waals surface area contributed by atoms with Gasteiger partial charge < -0.3 is 15.8 Å². The van der Waals surface area contributed by atoms with Crippen molar-refractivity contribution < 1.29 is 9.53 Å². The minimum absolute atomic E-state index is 0.136. The molecular formula is C16H17ClN2O2. The molecule has 4 nitrogen and oxygen atoms in total. The first-order chi connectivity index (χ1) is 10.0. The lowest BCUT2D eigenvalue weighted by Crippen LogP contribution is -2.15. The number of rotatable bonds is 5. The highest BCUT2D eigenvalue weighted by atomic mass is 35.5. The maximum Gasteiger partial charge on any atom is 0.227 e. The van der Waals surface area contributed by atoms with E-state index in [9.17, 15) is 4.79 Å². The highest BCUT2D eigenvalue weighted by molar-refractivity contribution is 6.33. The minimum atomic E-state index is -0.136. The van der Waals surface area contributed by atoms with Gasteiger partial charge in [0.15, 0.2) is 0 Å². The Bertz CT molecular complexity index is 644. The number of hydrogen-bond donors (Lipinski definition) is 2. The van der Waals surface area contributed by atoms with Crippen molar-refractivity contribution in [2.75, 3.05) is 17.7 Å². The number of amides is 1. The molecular weight excluding hydrogens is 288 g/mol. The first-order valence-electron chi connectivity index (χ1n) is 6.59. The summed E-state index contributed by atoms with van der Waals surface area (Å²) < 4.78 is 5.53. The largest absolute Gasteiger partial charge is 0.493 e.